The maximum Gasteiger partial charge on any atom is 0.324 e. The molecule has 3 fully saturated rings. The van der Waals surface area contributed by atoms with Crippen LogP contribution in [0.15, 0.2) is 48.7 Å². The van der Waals surface area contributed by atoms with Gasteiger partial charge in [0.1, 0.15) is 6.04 Å². The molecule has 0 N–H and O–H groups in total. The predicted molar refractivity (Wildman–Crippen MR) is 156 cm³/mol. The average molecular weight is 545 g/mol. The number of aromatic nitrogens is 1. The summed E-state index contributed by atoms with van der Waals surface area (Å²) in [6, 6.07) is 14.4. The normalized spacial score (nSPS) is 19.6. The second-order valence-electron chi connectivity index (χ2n) is 11.2. The van der Waals surface area contributed by atoms with Gasteiger partial charge in [-0.1, -0.05) is 31.9 Å². The maximum absolute atomic E-state index is 13.7. The molecule has 3 aliphatic rings. The number of benzene rings is 2. The summed E-state index contributed by atoms with van der Waals surface area (Å²) in [7, 11) is 1.64. The van der Waals surface area contributed by atoms with Gasteiger partial charge in [0.05, 0.1) is 13.7 Å². The molecule has 3 heterocycles. The molecule has 3 amide bonds. The summed E-state index contributed by atoms with van der Waals surface area (Å²) in [6.07, 6.45) is 9.31. The van der Waals surface area contributed by atoms with Crippen molar-refractivity contribution in [3.63, 3.8) is 0 Å². The van der Waals surface area contributed by atoms with Crippen molar-refractivity contribution >= 4 is 28.5 Å². The highest BCUT2D eigenvalue weighted by molar-refractivity contribution is 5.94. The van der Waals surface area contributed by atoms with Crippen LogP contribution in [0.5, 0.6) is 11.5 Å². The number of anilines is 1. The Bertz CT molecular complexity index is 1380. The van der Waals surface area contributed by atoms with Crippen molar-refractivity contribution in [2.24, 2.45) is 0 Å². The first kappa shape index (κ1) is 26.5. The molecule has 40 heavy (non-hydrogen) atoms. The van der Waals surface area contributed by atoms with Crippen LogP contribution in [0.4, 0.5) is 10.5 Å². The Labute approximate surface area is 236 Å². The summed E-state index contributed by atoms with van der Waals surface area (Å²) in [4.78, 5) is 32.7. The van der Waals surface area contributed by atoms with Gasteiger partial charge in [-0.15, -0.1) is 0 Å². The highest BCUT2D eigenvalue weighted by Gasteiger charge is 2.41. The van der Waals surface area contributed by atoms with E-state index in [4.69, 9.17) is 9.47 Å². The predicted octanol–water partition coefficient (Wildman–Crippen LogP) is 5.99. The Balaban J connectivity index is 1.19. The first-order valence-corrected chi connectivity index (χ1v) is 14.8. The molecular formula is C32H40N4O4. The van der Waals surface area contributed by atoms with Crippen LogP contribution in [-0.2, 0) is 11.3 Å². The summed E-state index contributed by atoms with van der Waals surface area (Å²) < 4.78 is 13.7. The minimum atomic E-state index is -0.131. The molecule has 8 heteroatoms. The zero-order valence-electron chi connectivity index (χ0n) is 23.7. The van der Waals surface area contributed by atoms with Gasteiger partial charge >= 0.3 is 6.03 Å². The Morgan fingerprint density at radius 1 is 0.950 bits per heavy atom. The fourth-order valence-electron chi connectivity index (χ4n) is 6.21. The van der Waals surface area contributed by atoms with E-state index in [0.29, 0.717) is 43.8 Å². The number of ether oxygens (including phenoxy) is 2. The second kappa shape index (κ2) is 11.4. The van der Waals surface area contributed by atoms with Gasteiger partial charge in [0, 0.05) is 61.1 Å². The Morgan fingerprint density at radius 3 is 2.62 bits per heavy atom. The minimum absolute atomic E-state index is 0.00386. The molecule has 0 spiro atoms. The molecule has 1 atom stereocenters. The van der Waals surface area contributed by atoms with Crippen LogP contribution in [0, 0.1) is 0 Å². The lowest BCUT2D eigenvalue weighted by atomic mass is 10.1. The number of fused-ring (bicyclic) bond motifs is 1. The summed E-state index contributed by atoms with van der Waals surface area (Å²) in [6.45, 7) is 5.55. The number of methoxy groups -OCH3 is 1. The van der Waals surface area contributed by atoms with Crippen molar-refractivity contribution in [1.29, 1.82) is 0 Å². The van der Waals surface area contributed by atoms with Crippen LogP contribution >= 0.6 is 0 Å². The van der Waals surface area contributed by atoms with E-state index >= 15 is 0 Å². The van der Waals surface area contributed by atoms with E-state index in [1.54, 1.807) is 7.11 Å². The van der Waals surface area contributed by atoms with E-state index in [9.17, 15) is 9.59 Å². The van der Waals surface area contributed by atoms with Gasteiger partial charge in [-0.2, -0.15) is 0 Å². The molecule has 1 aliphatic carbocycles. The van der Waals surface area contributed by atoms with Crippen LogP contribution in [0.25, 0.3) is 10.9 Å². The third-order valence-corrected chi connectivity index (χ3v) is 8.53. The molecule has 2 aliphatic heterocycles. The van der Waals surface area contributed by atoms with E-state index in [1.807, 2.05) is 34.1 Å². The monoisotopic (exact) mass is 544 g/mol. The molecule has 8 nitrogen and oxygen atoms in total. The van der Waals surface area contributed by atoms with Gasteiger partial charge in [0.25, 0.3) is 0 Å². The van der Waals surface area contributed by atoms with E-state index in [0.717, 1.165) is 73.6 Å². The number of unbranched alkanes of at least 4 members (excludes halogenated alkanes) is 2. The van der Waals surface area contributed by atoms with Gasteiger partial charge in [0.2, 0.25) is 5.91 Å². The van der Waals surface area contributed by atoms with Gasteiger partial charge < -0.3 is 23.8 Å². The molecule has 1 saturated carbocycles. The average Bonchev–Trinajstić information content (AvgIpc) is 3.61. The molecule has 1 unspecified atom stereocenters. The van der Waals surface area contributed by atoms with Gasteiger partial charge in [-0.25, -0.2) is 4.79 Å². The molecule has 0 bridgehead atoms. The molecule has 212 valence electrons. The van der Waals surface area contributed by atoms with Gasteiger partial charge in [-0.05, 0) is 61.9 Å². The van der Waals surface area contributed by atoms with Crippen LogP contribution in [0.3, 0.4) is 0 Å². The minimum Gasteiger partial charge on any atom is -0.493 e. The van der Waals surface area contributed by atoms with Crippen molar-refractivity contribution in [1.82, 2.24) is 14.4 Å². The number of nitrogens with zero attached hydrogens (tertiary/aromatic N) is 4. The molecular weight excluding hydrogens is 504 g/mol. The van der Waals surface area contributed by atoms with Gasteiger partial charge in [0.15, 0.2) is 11.5 Å². The third kappa shape index (κ3) is 5.11. The smallest absolute Gasteiger partial charge is 0.324 e. The number of amides is 3. The van der Waals surface area contributed by atoms with Crippen molar-refractivity contribution in [2.45, 2.75) is 70.5 Å². The SMILES string of the molecule is CCCCCOc1cc(N2CCCN(Cc3cccc4c3ccn4C3CCN(C4CC4)C3=O)C2=O)ccc1OC. The fourth-order valence-corrected chi connectivity index (χ4v) is 6.21. The molecule has 1 aromatic heterocycles. The number of hydrogen-bond acceptors (Lipinski definition) is 4. The van der Waals surface area contributed by atoms with Crippen LogP contribution < -0.4 is 14.4 Å². The standard InChI is InChI=1S/C32H40N4O4/c1-3-4-5-20-40-30-21-25(12-13-29(30)39-2)35-17-7-16-33(32(35)38)22-23-8-6-9-27-26(23)14-18-36(27)28-15-19-34(31(28)37)24-10-11-24/h6,8-9,12-14,18,21,24,28H,3-5,7,10-11,15-17,19-20,22H2,1-2H3. The van der Waals surface area contributed by atoms with Crippen molar-refractivity contribution in [3.05, 3.63) is 54.2 Å². The zero-order valence-corrected chi connectivity index (χ0v) is 23.7. The highest BCUT2D eigenvalue weighted by Crippen LogP contribution is 2.37. The number of rotatable bonds is 11. The van der Waals surface area contributed by atoms with E-state index in [2.05, 4.69) is 40.8 Å². The highest BCUT2D eigenvalue weighted by atomic mass is 16.5. The number of likely N-dealkylation sites (tertiary alicyclic amines) is 1. The summed E-state index contributed by atoms with van der Waals surface area (Å²) >= 11 is 0. The number of urea groups is 1. The van der Waals surface area contributed by atoms with Gasteiger partial charge in [-0.3, -0.25) is 9.69 Å². The Hall–Kier alpha value is -3.68. The number of hydrogen-bond donors (Lipinski definition) is 0. The maximum atomic E-state index is 13.7. The lowest BCUT2D eigenvalue weighted by Crippen LogP contribution is -2.49. The Kier molecular flexibility index (Phi) is 7.59. The fraction of sp³-hybridized carbons (Fsp3) is 0.500. The first-order chi connectivity index (χ1) is 19.6. The van der Waals surface area contributed by atoms with E-state index in [1.165, 1.54) is 0 Å². The van der Waals surface area contributed by atoms with Crippen molar-refractivity contribution in [2.75, 3.05) is 38.3 Å². The van der Waals surface area contributed by atoms with Crippen LogP contribution in [0.2, 0.25) is 0 Å². The van der Waals surface area contributed by atoms with E-state index in [-0.39, 0.29) is 18.0 Å². The first-order valence-electron chi connectivity index (χ1n) is 14.8. The lowest BCUT2D eigenvalue weighted by molar-refractivity contribution is -0.130. The zero-order chi connectivity index (χ0) is 27.6. The molecule has 3 aromatic rings. The lowest BCUT2D eigenvalue weighted by Gasteiger charge is -2.36. The van der Waals surface area contributed by atoms with Crippen LogP contribution in [0.1, 0.15) is 63.5 Å². The second-order valence-corrected chi connectivity index (χ2v) is 11.2. The van der Waals surface area contributed by atoms with Crippen LogP contribution in [-0.4, -0.2) is 65.7 Å². The molecule has 6 rings (SSSR count). The third-order valence-electron chi connectivity index (χ3n) is 8.53. The summed E-state index contributed by atoms with van der Waals surface area (Å²) in [5.41, 5.74) is 2.99. The Morgan fingerprint density at radius 2 is 1.82 bits per heavy atom. The van der Waals surface area contributed by atoms with E-state index < -0.39 is 0 Å². The molecule has 0 radical (unpaired) electrons. The number of carbonyl (C=O) groups is 2. The largest absolute Gasteiger partial charge is 0.493 e. The quantitative estimate of drug-likeness (QED) is 0.278. The molecule has 2 saturated heterocycles. The number of carbonyl (C=O) groups excluding carboxylic acids is 2. The summed E-state index contributed by atoms with van der Waals surface area (Å²) in [5, 5.41) is 1.11. The topological polar surface area (TPSA) is 67.2 Å². The molecule has 2 aromatic carbocycles. The van der Waals surface area contributed by atoms with Crippen molar-refractivity contribution < 1.29 is 19.1 Å². The summed E-state index contributed by atoms with van der Waals surface area (Å²) in [5.74, 6) is 1.60. The van der Waals surface area contributed by atoms with Crippen molar-refractivity contribution in [3.8, 4) is 11.5 Å².